The molecule has 2 rings (SSSR count). The summed E-state index contributed by atoms with van der Waals surface area (Å²) < 4.78 is 27.5. The van der Waals surface area contributed by atoms with E-state index in [1.54, 1.807) is 17.3 Å². The molecule has 7 heteroatoms. The highest BCUT2D eigenvalue weighted by Gasteiger charge is 2.34. The molecule has 1 aliphatic heterocycles. The molecular weight excluding hydrogens is 310 g/mol. The Morgan fingerprint density at radius 3 is 2.62 bits per heavy atom. The summed E-state index contributed by atoms with van der Waals surface area (Å²) in [6.07, 6.45) is 0. The Morgan fingerprint density at radius 2 is 2.05 bits per heavy atom. The zero-order valence-corrected chi connectivity index (χ0v) is 14.2. The van der Waals surface area contributed by atoms with Crippen LogP contribution in [0.4, 0.5) is 0 Å². The molecule has 1 aliphatic rings. The normalized spacial score (nSPS) is 21.7. The fraction of sp³-hybridized carbons (Fsp3) is 0.571. The highest BCUT2D eigenvalue weighted by molar-refractivity contribution is 7.89. The minimum Gasteiger partial charge on any atom is -0.326 e. The zero-order chi connectivity index (χ0) is 15.8. The number of likely N-dealkylation sites (N-methyl/N-ethyl adjacent to an activating group) is 1. The Balaban J connectivity index is 2.47. The summed E-state index contributed by atoms with van der Waals surface area (Å²) in [5, 5.41) is 0.404. The third-order valence-corrected chi connectivity index (χ3v) is 6.37. The lowest BCUT2D eigenvalue weighted by molar-refractivity contribution is 0.170. The minimum absolute atomic E-state index is 0.0616. The quantitative estimate of drug-likeness (QED) is 0.910. The van der Waals surface area contributed by atoms with Crippen LogP contribution in [0.5, 0.6) is 0 Å². The third kappa shape index (κ3) is 3.24. The topological polar surface area (TPSA) is 66.6 Å². The molecular formula is C14H22ClN3O2S. The van der Waals surface area contributed by atoms with Crippen molar-refractivity contribution in [2.45, 2.75) is 31.3 Å². The van der Waals surface area contributed by atoms with Gasteiger partial charge in [0.2, 0.25) is 10.0 Å². The number of nitrogens with two attached hydrogens (primary N) is 1. The zero-order valence-electron chi connectivity index (χ0n) is 12.6. The first-order chi connectivity index (χ1) is 9.77. The van der Waals surface area contributed by atoms with E-state index in [-0.39, 0.29) is 17.5 Å². The summed E-state index contributed by atoms with van der Waals surface area (Å²) in [5.74, 6) is 0. The van der Waals surface area contributed by atoms with Crippen LogP contribution in [0.1, 0.15) is 18.1 Å². The standard InChI is InChI=1S/C14H22ClN3O2S/c1-10-9-17(3)4-5-18(10)21(19,20)14-7-13(15)6-12(8-16)11(14)2/h6-7,10H,4-5,8-9,16H2,1-3H3. The fourth-order valence-electron chi connectivity index (χ4n) is 2.79. The van der Waals surface area contributed by atoms with Crippen LogP contribution in [0.15, 0.2) is 17.0 Å². The molecule has 0 amide bonds. The fourth-order valence-corrected chi connectivity index (χ4v) is 5.01. The van der Waals surface area contributed by atoms with E-state index in [1.807, 2.05) is 14.0 Å². The van der Waals surface area contributed by atoms with Gasteiger partial charge in [-0.25, -0.2) is 8.42 Å². The molecule has 0 aliphatic carbocycles. The van der Waals surface area contributed by atoms with Gasteiger partial charge in [0, 0.05) is 37.2 Å². The number of rotatable bonds is 3. The van der Waals surface area contributed by atoms with Crippen LogP contribution in [0, 0.1) is 6.92 Å². The Bertz CT molecular complexity index is 633. The number of halogens is 1. The van der Waals surface area contributed by atoms with Crippen LogP contribution < -0.4 is 5.73 Å². The van der Waals surface area contributed by atoms with Crippen molar-refractivity contribution in [3.63, 3.8) is 0 Å². The van der Waals surface area contributed by atoms with E-state index < -0.39 is 10.0 Å². The van der Waals surface area contributed by atoms with Gasteiger partial charge in [-0.15, -0.1) is 0 Å². The Hall–Kier alpha value is -0.660. The number of benzene rings is 1. The van der Waals surface area contributed by atoms with Gasteiger partial charge in [-0.1, -0.05) is 11.6 Å². The first kappa shape index (κ1) is 16.7. The molecule has 21 heavy (non-hydrogen) atoms. The predicted octanol–water partition coefficient (Wildman–Crippen LogP) is 1.43. The largest absolute Gasteiger partial charge is 0.326 e. The lowest BCUT2D eigenvalue weighted by Gasteiger charge is -2.37. The summed E-state index contributed by atoms with van der Waals surface area (Å²) >= 11 is 6.06. The summed E-state index contributed by atoms with van der Waals surface area (Å²) in [5.41, 5.74) is 7.14. The van der Waals surface area contributed by atoms with Gasteiger partial charge < -0.3 is 10.6 Å². The van der Waals surface area contributed by atoms with Crippen molar-refractivity contribution in [1.29, 1.82) is 0 Å². The van der Waals surface area contributed by atoms with Crippen molar-refractivity contribution in [3.8, 4) is 0 Å². The highest BCUT2D eigenvalue weighted by Crippen LogP contribution is 2.28. The summed E-state index contributed by atoms with van der Waals surface area (Å²) in [7, 11) is -1.56. The molecule has 1 unspecified atom stereocenters. The third-order valence-electron chi connectivity index (χ3n) is 4.01. The molecule has 0 spiro atoms. The number of piperazine rings is 1. The smallest absolute Gasteiger partial charge is 0.243 e. The van der Waals surface area contributed by atoms with Crippen molar-refractivity contribution in [3.05, 3.63) is 28.3 Å². The predicted molar refractivity (Wildman–Crippen MR) is 84.9 cm³/mol. The molecule has 5 nitrogen and oxygen atoms in total. The Labute approximate surface area is 131 Å². The summed E-state index contributed by atoms with van der Waals surface area (Å²) in [4.78, 5) is 2.40. The van der Waals surface area contributed by atoms with E-state index in [9.17, 15) is 8.42 Å². The summed E-state index contributed by atoms with van der Waals surface area (Å²) in [6, 6.07) is 3.19. The Kier molecular flexibility index (Phi) is 4.95. The molecule has 1 saturated heterocycles. The van der Waals surface area contributed by atoms with Crippen LogP contribution in [-0.2, 0) is 16.6 Å². The summed E-state index contributed by atoms with van der Waals surface area (Å²) in [6.45, 7) is 5.93. The molecule has 0 saturated carbocycles. The second kappa shape index (κ2) is 6.22. The second-order valence-electron chi connectivity index (χ2n) is 5.62. The van der Waals surface area contributed by atoms with Crippen molar-refractivity contribution < 1.29 is 8.42 Å². The molecule has 0 aromatic heterocycles. The number of hydrogen-bond acceptors (Lipinski definition) is 4. The average Bonchev–Trinajstić information content (AvgIpc) is 2.40. The lowest BCUT2D eigenvalue weighted by Crippen LogP contribution is -2.52. The average molecular weight is 332 g/mol. The molecule has 1 aromatic carbocycles. The van der Waals surface area contributed by atoms with Gasteiger partial charge in [0.25, 0.3) is 0 Å². The molecule has 1 fully saturated rings. The van der Waals surface area contributed by atoms with Gasteiger partial charge in [-0.3, -0.25) is 0 Å². The SMILES string of the molecule is Cc1c(CN)cc(Cl)cc1S(=O)(=O)N1CCN(C)CC1C. The molecule has 1 heterocycles. The van der Waals surface area contributed by atoms with Crippen LogP contribution in [0.3, 0.4) is 0 Å². The van der Waals surface area contributed by atoms with E-state index in [1.165, 1.54) is 6.07 Å². The van der Waals surface area contributed by atoms with Crippen LogP contribution in [0.25, 0.3) is 0 Å². The van der Waals surface area contributed by atoms with Gasteiger partial charge in [-0.05, 0) is 44.2 Å². The molecule has 0 bridgehead atoms. The van der Waals surface area contributed by atoms with E-state index in [4.69, 9.17) is 17.3 Å². The molecule has 2 N–H and O–H groups in total. The van der Waals surface area contributed by atoms with E-state index in [0.717, 1.165) is 18.7 Å². The maximum absolute atomic E-state index is 13.0. The maximum Gasteiger partial charge on any atom is 0.243 e. The lowest BCUT2D eigenvalue weighted by atomic mass is 10.1. The van der Waals surface area contributed by atoms with E-state index in [2.05, 4.69) is 4.90 Å². The first-order valence-corrected chi connectivity index (χ1v) is 8.78. The molecule has 0 radical (unpaired) electrons. The van der Waals surface area contributed by atoms with Crippen molar-refractivity contribution in [1.82, 2.24) is 9.21 Å². The second-order valence-corrected chi connectivity index (χ2v) is 7.91. The number of sulfonamides is 1. The molecule has 118 valence electrons. The maximum atomic E-state index is 13.0. The highest BCUT2D eigenvalue weighted by atomic mass is 35.5. The first-order valence-electron chi connectivity index (χ1n) is 6.97. The van der Waals surface area contributed by atoms with Crippen molar-refractivity contribution in [2.24, 2.45) is 5.73 Å². The van der Waals surface area contributed by atoms with Gasteiger partial charge >= 0.3 is 0 Å². The van der Waals surface area contributed by atoms with Gasteiger partial charge in [-0.2, -0.15) is 4.31 Å². The monoisotopic (exact) mass is 331 g/mol. The van der Waals surface area contributed by atoms with Crippen molar-refractivity contribution in [2.75, 3.05) is 26.7 Å². The van der Waals surface area contributed by atoms with Crippen LogP contribution in [-0.4, -0.2) is 50.3 Å². The van der Waals surface area contributed by atoms with Gasteiger partial charge in [0.15, 0.2) is 0 Å². The van der Waals surface area contributed by atoms with Crippen LogP contribution in [0.2, 0.25) is 5.02 Å². The minimum atomic E-state index is -3.55. The van der Waals surface area contributed by atoms with Crippen LogP contribution >= 0.6 is 11.6 Å². The molecule has 1 aromatic rings. The Morgan fingerprint density at radius 1 is 1.38 bits per heavy atom. The van der Waals surface area contributed by atoms with Gasteiger partial charge in [0.05, 0.1) is 4.90 Å². The number of nitrogens with zero attached hydrogens (tertiary/aromatic N) is 2. The van der Waals surface area contributed by atoms with E-state index in [0.29, 0.717) is 17.1 Å². The van der Waals surface area contributed by atoms with E-state index >= 15 is 0 Å². The van der Waals surface area contributed by atoms with Crippen molar-refractivity contribution >= 4 is 21.6 Å². The number of hydrogen-bond donors (Lipinski definition) is 1. The van der Waals surface area contributed by atoms with Gasteiger partial charge in [0.1, 0.15) is 0 Å². The molecule has 1 atom stereocenters.